The van der Waals surface area contributed by atoms with Crippen LogP contribution in [0.4, 0.5) is 0 Å². The van der Waals surface area contributed by atoms with E-state index >= 15 is 0 Å². The molecule has 0 spiro atoms. The molecule has 1 unspecified atom stereocenters. The number of amides is 2. The molecule has 1 aromatic rings. The lowest BCUT2D eigenvalue weighted by atomic mass is 9.81. The molecule has 0 aromatic heterocycles. The summed E-state index contributed by atoms with van der Waals surface area (Å²) in [5.41, 5.74) is 1.20. The molecule has 25 heavy (non-hydrogen) atoms. The van der Waals surface area contributed by atoms with Gasteiger partial charge in [0.2, 0.25) is 11.8 Å². The second kappa shape index (κ2) is 8.99. The monoisotopic (exact) mass is 343 g/mol. The van der Waals surface area contributed by atoms with Crippen LogP contribution in [0.5, 0.6) is 0 Å². The third-order valence-corrected chi connectivity index (χ3v) is 5.37. The fraction of sp³-hybridized carbons (Fsp3) is 0.600. The van der Waals surface area contributed by atoms with E-state index in [0.717, 1.165) is 6.54 Å². The SMILES string of the molecule is O=C1CCN(CC(=O)NC(c2ccccc2)C2CCCCC2)CCN1. The minimum atomic E-state index is 0.0637. The first kappa shape index (κ1) is 17.9. The standard InChI is InChI=1S/C20H29N3O2/c24-18-11-13-23(14-12-21-18)15-19(25)22-20(16-7-3-1-4-8-16)17-9-5-2-6-10-17/h1,3-4,7-8,17,20H,2,5-6,9-15H2,(H,21,24)(H,22,25). The zero-order valence-electron chi connectivity index (χ0n) is 14.9. The molecule has 2 N–H and O–H groups in total. The Bertz CT molecular complexity index is 570. The number of nitrogens with zero attached hydrogens (tertiary/aromatic N) is 1. The first-order valence-electron chi connectivity index (χ1n) is 9.56. The Labute approximate surface area is 150 Å². The highest BCUT2D eigenvalue weighted by Crippen LogP contribution is 2.34. The molecular formula is C20H29N3O2. The van der Waals surface area contributed by atoms with E-state index in [2.05, 4.69) is 27.7 Å². The van der Waals surface area contributed by atoms with Crippen LogP contribution < -0.4 is 10.6 Å². The van der Waals surface area contributed by atoms with Crippen molar-refractivity contribution in [3.05, 3.63) is 35.9 Å². The van der Waals surface area contributed by atoms with Gasteiger partial charge in [-0.1, -0.05) is 49.6 Å². The van der Waals surface area contributed by atoms with E-state index in [4.69, 9.17) is 0 Å². The number of carbonyl (C=O) groups is 2. The molecule has 2 fully saturated rings. The van der Waals surface area contributed by atoms with Gasteiger partial charge in [-0.2, -0.15) is 0 Å². The Morgan fingerprint density at radius 1 is 1.16 bits per heavy atom. The van der Waals surface area contributed by atoms with Gasteiger partial charge in [-0.05, 0) is 24.3 Å². The summed E-state index contributed by atoms with van der Waals surface area (Å²) < 4.78 is 0. The Kier molecular flexibility index (Phi) is 6.45. The Balaban J connectivity index is 1.62. The zero-order valence-corrected chi connectivity index (χ0v) is 14.9. The van der Waals surface area contributed by atoms with Crippen LogP contribution in [0.15, 0.2) is 30.3 Å². The lowest BCUT2D eigenvalue weighted by molar-refractivity contribution is -0.124. The summed E-state index contributed by atoms with van der Waals surface area (Å²) in [5, 5.41) is 6.15. The van der Waals surface area contributed by atoms with E-state index in [1.807, 2.05) is 18.2 Å². The van der Waals surface area contributed by atoms with Crippen molar-refractivity contribution in [1.29, 1.82) is 0 Å². The number of benzene rings is 1. The molecular weight excluding hydrogens is 314 g/mol. The molecule has 136 valence electrons. The molecule has 1 heterocycles. The molecule has 2 amide bonds. The molecule has 1 aliphatic heterocycles. The Morgan fingerprint density at radius 3 is 2.68 bits per heavy atom. The van der Waals surface area contributed by atoms with Gasteiger partial charge in [-0.15, -0.1) is 0 Å². The molecule has 2 aliphatic rings. The molecule has 1 aromatic carbocycles. The zero-order chi connectivity index (χ0) is 17.5. The Hall–Kier alpha value is -1.88. The molecule has 0 radical (unpaired) electrons. The average molecular weight is 343 g/mol. The van der Waals surface area contributed by atoms with Crippen molar-refractivity contribution < 1.29 is 9.59 Å². The maximum atomic E-state index is 12.7. The first-order chi connectivity index (χ1) is 12.2. The summed E-state index contributed by atoms with van der Waals surface area (Å²) in [6.45, 7) is 2.37. The van der Waals surface area contributed by atoms with Crippen molar-refractivity contribution in [2.75, 3.05) is 26.2 Å². The summed E-state index contributed by atoms with van der Waals surface area (Å²) in [5.74, 6) is 0.661. The van der Waals surface area contributed by atoms with Gasteiger partial charge in [0.05, 0.1) is 12.6 Å². The summed E-state index contributed by atoms with van der Waals surface area (Å²) in [4.78, 5) is 26.2. The number of rotatable bonds is 5. The summed E-state index contributed by atoms with van der Waals surface area (Å²) in [6, 6.07) is 10.4. The highest BCUT2D eigenvalue weighted by atomic mass is 16.2. The predicted octanol–water partition coefficient (Wildman–Crippen LogP) is 2.25. The third kappa shape index (κ3) is 5.30. The van der Waals surface area contributed by atoms with Gasteiger partial charge in [0.1, 0.15) is 0 Å². The fourth-order valence-electron chi connectivity index (χ4n) is 3.99. The van der Waals surface area contributed by atoms with Gasteiger partial charge in [0.15, 0.2) is 0 Å². The minimum absolute atomic E-state index is 0.0637. The maximum Gasteiger partial charge on any atom is 0.234 e. The molecule has 0 bridgehead atoms. The van der Waals surface area contributed by atoms with Crippen LogP contribution in [-0.2, 0) is 9.59 Å². The van der Waals surface area contributed by atoms with Crippen molar-refractivity contribution in [2.24, 2.45) is 5.92 Å². The van der Waals surface area contributed by atoms with E-state index in [-0.39, 0.29) is 17.9 Å². The molecule has 1 atom stereocenters. The van der Waals surface area contributed by atoms with Crippen molar-refractivity contribution in [1.82, 2.24) is 15.5 Å². The molecule has 1 aliphatic carbocycles. The van der Waals surface area contributed by atoms with Crippen molar-refractivity contribution in [3.63, 3.8) is 0 Å². The number of hydrogen-bond acceptors (Lipinski definition) is 3. The van der Waals surface area contributed by atoms with Crippen molar-refractivity contribution in [3.8, 4) is 0 Å². The van der Waals surface area contributed by atoms with E-state index in [0.29, 0.717) is 32.0 Å². The largest absolute Gasteiger partial charge is 0.355 e. The van der Waals surface area contributed by atoms with E-state index < -0.39 is 0 Å². The lowest BCUT2D eigenvalue weighted by Crippen LogP contribution is -2.42. The van der Waals surface area contributed by atoms with Crippen LogP contribution in [0.25, 0.3) is 0 Å². The van der Waals surface area contributed by atoms with Gasteiger partial charge in [0.25, 0.3) is 0 Å². The van der Waals surface area contributed by atoms with Gasteiger partial charge in [-0.25, -0.2) is 0 Å². The lowest BCUT2D eigenvalue weighted by Gasteiger charge is -2.32. The smallest absolute Gasteiger partial charge is 0.234 e. The maximum absolute atomic E-state index is 12.7. The van der Waals surface area contributed by atoms with Crippen LogP contribution in [-0.4, -0.2) is 42.9 Å². The number of carbonyl (C=O) groups excluding carboxylic acids is 2. The van der Waals surface area contributed by atoms with E-state index in [9.17, 15) is 9.59 Å². The summed E-state index contributed by atoms with van der Waals surface area (Å²) in [7, 11) is 0. The molecule has 5 heteroatoms. The quantitative estimate of drug-likeness (QED) is 0.862. The van der Waals surface area contributed by atoms with Crippen LogP contribution in [0.2, 0.25) is 0 Å². The number of nitrogens with one attached hydrogen (secondary N) is 2. The molecule has 5 nitrogen and oxygen atoms in total. The average Bonchev–Trinajstić information content (AvgIpc) is 2.85. The topological polar surface area (TPSA) is 61.4 Å². The highest BCUT2D eigenvalue weighted by molar-refractivity contribution is 5.79. The second-order valence-corrected chi connectivity index (χ2v) is 7.23. The summed E-state index contributed by atoms with van der Waals surface area (Å²) >= 11 is 0. The van der Waals surface area contributed by atoms with Gasteiger partial charge >= 0.3 is 0 Å². The molecule has 3 rings (SSSR count). The van der Waals surface area contributed by atoms with Crippen molar-refractivity contribution in [2.45, 2.75) is 44.6 Å². The Morgan fingerprint density at radius 2 is 1.92 bits per heavy atom. The van der Waals surface area contributed by atoms with E-state index in [1.54, 1.807) is 0 Å². The van der Waals surface area contributed by atoms with Gasteiger partial charge in [-0.3, -0.25) is 14.5 Å². The van der Waals surface area contributed by atoms with Crippen LogP contribution in [0.1, 0.15) is 50.1 Å². The minimum Gasteiger partial charge on any atom is -0.355 e. The normalized spacial score (nSPS) is 21.2. The highest BCUT2D eigenvalue weighted by Gasteiger charge is 2.27. The first-order valence-corrected chi connectivity index (χ1v) is 9.56. The molecule has 1 saturated carbocycles. The third-order valence-electron chi connectivity index (χ3n) is 5.37. The van der Waals surface area contributed by atoms with Gasteiger partial charge in [0, 0.05) is 26.1 Å². The number of hydrogen-bond donors (Lipinski definition) is 2. The predicted molar refractivity (Wildman–Crippen MR) is 98.0 cm³/mol. The summed E-state index contributed by atoms with van der Waals surface area (Å²) in [6.07, 6.45) is 6.65. The van der Waals surface area contributed by atoms with E-state index in [1.165, 1.54) is 37.7 Å². The van der Waals surface area contributed by atoms with Crippen molar-refractivity contribution >= 4 is 11.8 Å². The fourth-order valence-corrected chi connectivity index (χ4v) is 3.99. The van der Waals surface area contributed by atoms with Crippen LogP contribution in [0, 0.1) is 5.92 Å². The second-order valence-electron chi connectivity index (χ2n) is 7.23. The van der Waals surface area contributed by atoms with Crippen LogP contribution in [0.3, 0.4) is 0 Å². The molecule has 1 saturated heterocycles. The van der Waals surface area contributed by atoms with Crippen LogP contribution >= 0.6 is 0 Å². The van der Waals surface area contributed by atoms with Gasteiger partial charge < -0.3 is 10.6 Å².